The molecule has 0 radical (unpaired) electrons. The van der Waals surface area contributed by atoms with Crippen molar-refractivity contribution in [3.8, 4) is 0 Å². The topological polar surface area (TPSA) is 64.0 Å². The van der Waals surface area contributed by atoms with Gasteiger partial charge in [0.2, 0.25) is 5.82 Å². The lowest BCUT2D eigenvalue weighted by molar-refractivity contribution is -0.147. The van der Waals surface area contributed by atoms with Crippen LogP contribution in [0, 0.1) is 0 Å². The number of rotatable bonds is 4. The zero-order valence-corrected chi connectivity index (χ0v) is 11.8. The Morgan fingerprint density at radius 1 is 1.40 bits per heavy atom. The molecule has 0 fully saturated rings. The molecule has 1 aromatic heterocycles. The molecular formula is C11H16F3N3O2S. The standard InChI is InChI=1S/C11H16F3N3O2S/c1-2-20(18,19)6-5-17-9-3-4-15-7-8(9)16-10(17)11(12,13)14/h15H,2-7H2,1H3. The van der Waals surface area contributed by atoms with Gasteiger partial charge in [-0.15, -0.1) is 0 Å². The highest BCUT2D eigenvalue weighted by Crippen LogP contribution is 2.31. The Morgan fingerprint density at radius 3 is 2.70 bits per heavy atom. The van der Waals surface area contributed by atoms with Gasteiger partial charge in [-0.2, -0.15) is 13.2 Å². The minimum absolute atomic E-state index is 0.0766. The van der Waals surface area contributed by atoms with Crippen LogP contribution in [0.1, 0.15) is 24.1 Å². The monoisotopic (exact) mass is 311 g/mol. The molecule has 2 heterocycles. The van der Waals surface area contributed by atoms with Gasteiger partial charge in [0.1, 0.15) is 0 Å². The molecule has 114 valence electrons. The van der Waals surface area contributed by atoms with Crippen LogP contribution >= 0.6 is 0 Å². The zero-order chi connectivity index (χ0) is 15.0. The molecule has 0 spiro atoms. The number of aromatic nitrogens is 2. The van der Waals surface area contributed by atoms with Crippen LogP contribution in [0.4, 0.5) is 13.2 Å². The fraction of sp³-hybridized carbons (Fsp3) is 0.727. The van der Waals surface area contributed by atoms with E-state index in [1.165, 1.54) is 6.92 Å². The van der Waals surface area contributed by atoms with E-state index >= 15 is 0 Å². The third-order valence-electron chi connectivity index (χ3n) is 3.31. The quantitative estimate of drug-likeness (QED) is 0.900. The number of alkyl halides is 3. The number of halogens is 3. The van der Waals surface area contributed by atoms with Crippen molar-refractivity contribution in [3.63, 3.8) is 0 Å². The van der Waals surface area contributed by atoms with Gasteiger partial charge in [0.05, 0.1) is 11.4 Å². The molecule has 1 aliphatic heterocycles. The van der Waals surface area contributed by atoms with Crippen LogP contribution in [0.15, 0.2) is 0 Å². The van der Waals surface area contributed by atoms with Crippen molar-refractivity contribution in [1.29, 1.82) is 0 Å². The number of hydrogen-bond donors (Lipinski definition) is 1. The van der Waals surface area contributed by atoms with E-state index in [4.69, 9.17) is 0 Å². The highest BCUT2D eigenvalue weighted by atomic mass is 32.2. The molecule has 0 aromatic carbocycles. The van der Waals surface area contributed by atoms with E-state index in [1.807, 2.05) is 0 Å². The van der Waals surface area contributed by atoms with Gasteiger partial charge >= 0.3 is 6.18 Å². The summed E-state index contributed by atoms with van der Waals surface area (Å²) in [5.74, 6) is -1.38. The zero-order valence-electron chi connectivity index (χ0n) is 11.0. The van der Waals surface area contributed by atoms with E-state index < -0.39 is 21.8 Å². The lowest BCUT2D eigenvalue weighted by atomic mass is 10.2. The second kappa shape index (κ2) is 5.36. The Balaban J connectivity index is 2.36. The molecule has 1 aromatic rings. The summed E-state index contributed by atoms with van der Waals surface area (Å²) in [5, 5.41) is 2.96. The maximum atomic E-state index is 13.0. The van der Waals surface area contributed by atoms with Gasteiger partial charge in [-0.05, 0) is 0 Å². The first-order chi connectivity index (χ1) is 9.24. The molecule has 0 amide bonds. The molecule has 0 bridgehead atoms. The Kier molecular flexibility index (Phi) is 4.10. The largest absolute Gasteiger partial charge is 0.449 e. The summed E-state index contributed by atoms with van der Waals surface area (Å²) < 4.78 is 63.0. The van der Waals surface area contributed by atoms with Gasteiger partial charge in [0, 0.05) is 37.5 Å². The van der Waals surface area contributed by atoms with Gasteiger partial charge in [-0.1, -0.05) is 6.92 Å². The molecule has 9 heteroatoms. The predicted octanol–water partition coefficient (Wildman–Crippen LogP) is 0.982. The number of nitrogens with zero attached hydrogens (tertiary/aromatic N) is 2. The molecule has 2 rings (SSSR count). The minimum atomic E-state index is -4.58. The number of fused-ring (bicyclic) bond motifs is 1. The molecule has 20 heavy (non-hydrogen) atoms. The highest BCUT2D eigenvalue weighted by Gasteiger charge is 2.39. The Hall–Kier alpha value is -1.09. The third kappa shape index (κ3) is 3.14. The summed E-state index contributed by atoms with van der Waals surface area (Å²) in [6.45, 7) is 2.13. The van der Waals surface area contributed by atoms with E-state index in [9.17, 15) is 21.6 Å². The van der Waals surface area contributed by atoms with Crippen LogP contribution < -0.4 is 5.32 Å². The average molecular weight is 311 g/mol. The maximum absolute atomic E-state index is 13.0. The fourth-order valence-electron chi connectivity index (χ4n) is 2.20. The predicted molar refractivity (Wildman–Crippen MR) is 67.0 cm³/mol. The van der Waals surface area contributed by atoms with E-state index in [0.717, 1.165) is 4.57 Å². The summed E-state index contributed by atoms with van der Waals surface area (Å²) in [6.07, 6.45) is -4.15. The molecule has 0 aliphatic carbocycles. The summed E-state index contributed by atoms with van der Waals surface area (Å²) in [6, 6.07) is 0. The van der Waals surface area contributed by atoms with E-state index in [1.54, 1.807) is 0 Å². The normalized spacial score (nSPS) is 16.2. The van der Waals surface area contributed by atoms with Crippen LogP contribution in [0.3, 0.4) is 0 Å². The first kappa shape index (κ1) is 15.3. The molecule has 0 saturated carbocycles. The Morgan fingerprint density at radius 2 is 2.10 bits per heavy atom. The van der Waals surface area contributed by atoms with Gasteiger partial charge in [0.15, 0.2) is 9.84 Å². The van der Waals surface area contributed by atoms with Crippen LogP contribution in [-0.4, -0.2) is 36.0 Å². The van der Waals surface area contributed by atoms with Gasteiger partial charge in [-0.25, -0.2) is 13.4 Å². The fourth-order valence-corrected chi connectivity index (χ4v) is 2.95. The molecule has 1 aliphatic rings. The first-order valence-electron chi connectivity index (χ1n) is 6.31. The smallest absolute Gasteiger partial charge is 0.323 e. The van der Waals surface area contributed by atoms with Crippen molar-refractivity contribution in [1.82, 2.24) is 14.9 Å². The number of hydrogen-bond acceptors (Lipinski definition) is 4. The Bertz CT molecular complexity index is 593. The van der Waals surface area contributed by atoms with E-state index in [2.05, 4.69) is 10.3 Å². The SMILES string of the molecule is CCS(=O)(=O)CCn1c(C(F)(F)F)nc2c1CCNC2. The molecule has 0 saturated heterocycles. The van der Waals surface area contributed by atoms with Gasteiger partial charge in [0.25, 0.3) is 0 Å². The molecule has 0 unspecified atom stereocenters. The second-order valence-electron chi connectivity index (χ2n) is 4.64. The second-order valence-corrected chi connectivity index (χ2v) is 7.11. The van der Waals surface area contributed by atoms with Crippen molar-refractivity contribution in [2.24, 2.45) is 0 Å². The lowest BCUT2D eigenvalue weighted by Gasteiger charge is -2.16. The summed E-state index contributed by atoms with van der Waals surface area (Å²) >= 11 is 0. The summed E-state index contributed by atoms with van der Waals surface area (Å²) in [7, 11) is -3.32. The van der Waals surface area contributed by atoms with Gasteiger partial charge < -0.3 is 9.88 Å². The van der Waals surface area contributed by atoms with Crippen molar-refractivity contribution in [2.75, 3.05) is 18.1 Å². The summed E-state index contributed by atoms with van der Waals surface area (Å²) in [5.41, 5.74) is 0.847. The van der Waals surface area contributed by atoms with Crippen LogP contribution in [0.5, 0.6) is 0 Å². The first-order valence-corrected chi connectivity index (χ1v) is 8.13. The summed E-state index contributed by atoms with van der Waals surface area (Å²) in [4.78, 5) is 3.63. The molecule has 5 nitrogen and oxygen atoms in total. The van der Waals surface area contributed by atoms with Crippen LogP contribution in [-0.2, 0) is 35.5 Å². The van der Waals surface area contributed by atoms with Crippen LogP contribution in [0.25, 0.3) is 0 Å². The van der Waals surface area contributed by atoms with E-state index in [-0.39, 0.29) is 24.6 Å². The number of imidazole rings is 1. The van der Waals surface area contributed by atoms with Crippen molar-refractivity contribution in [3.05, 3.63) is 17.2 Å². The average Bonchev–Trinajstić information content (AvgIpc) is 2.75. The molecule has 0 atom stereocenters. The highest BCUT2D eigenvalue weighted by molar-refractivity contribution is 7.91. The van der Waals surface area contributed by atoms with E-state index in [0.29, 0.717) is 24.4 Å². The Labute approximate surface area is 115 Å². The van der Waals surface area contributed by atoms with Crippen molar-refractivity contribution >= 4 is 9.84 Å². The third-order valence-corrected chi connectivity index (χ3v) is 4.99. The van der Waals surface area contributed by atoms with Crippen molar-refractivity contribution < 1.29 is 21.6 Å². The molecular weight excluding hydrogens is 295 g/mol. The number of sulfone groups is 1. The van der Waals surface area contributed by atoms with Crippen LogP contribution in [0.2, 0.25) is 0 Å². The van der Waals surface area contributed by atoms with Gasteiger partial charge in [-0.3, -0.25) is 0 Å². The minimum Gasteiger partial charge on any atom is -0.323 e. The molecule has 1 N–H and O–H groups in total. The van der Waals surface area contributed by atoms with Crippen molar-refractivity contribution in [2.45, 2.75) is 32.6 Å². The maximum Gasteiger partial charge on any atom is 0.449 e. The lowest BCUT2D eigenvalue weighted by Crippen LogP contribution is -2.26. The number of nitrogens with one attached hydrogen (secondary N) is 1.